The van der Waals surface area contributed by atoms with Crippen molar-refractivity contribution in [2.45, 2.75) is 18.1 Å². The van der Waals surface area contributed by atoms with Crippen molar-refractivity contribution in [1.82, 2.24) is 5.48 Å². The van der Waals surface area contributed by atoms with Gasteiger partial charge in [-0.15, -0.1) is 0 Å². The summed E-state index contributed by atoms with van der Waals surface area (Å²) < 4.78 is 6.00. The van der Waals surface area contributed by atoms with E-state index in [2.05, 4.69) is 10.8 Å². The van der Waals surface area contributed by atoms with Crippen molar-refractivity contribution in [3.8, 4) is 5.75 Å². The molecule has 5 heteroatoms. The second kappa shape index (κ2) is 4.83. The Morgan fingerprint density at radius 3 is 2.64 bits per heavy atom. The number of carbonyl (C=O) groups excluding carboxylic acids is 1. The number of para-hydroxylation sites is 2. The van der Waals surface area contributed by atoms with Crippen LogP contribution in [0, 0.1) is 5.92 Å². The third-order valence-electron chi connectivity index (χ3n) is 4.47. The molecule has 5 nitrogen and oxygen atoms in total. The highest BCUT2D eigenvalue weighted by Gasteiger charge is 2.68. The van der Waals surface area contributed by atoms with E-state index in [0.29, 0.717) is 12.2 Å². The summed E-state index contributed by atoms with van der Waals surface area (Å²) in [6, 6.07) is 16.5. The molecule has 1 amide bonds. The summed E-state index contributed by atoms with van der Waals surface area (Å²) in [7, 11) is 0. The van der Waals surface area contributed by atoms with Crippen molar-refractivity contribution in [3.63, 3.8) is 0 Å². The van der Waals surface area contributed by atoms with Crippen LogP contribution in [-0.4, -0.2) is 16.7 Å². The maximum Gasteiger partial charge on any atom is 0.268 e. The fourth-order valence-electron chi connectivity index (χ4n) is 3.24. The fourth-order valence-corrected chi connectivity index (χ4v) is 3.24. The molecule has 4 rings (SSSR count). The zero-order valence-electron chi connectivity index (χ0n) is 11.8. The van der Waals surface area contributed by atoms with Gasteiger partial charge in [-0.1, -0.05) is 36.4 Å². The van der Waals surface area contributed by atoms with Gasteiger partial charge >= 0.3 is 0 Å². The number of benzene rings is 2. The molecule has 0 bridgehead atoms. The molecule has 1 saturated carbocycles. The highest BCUT2D eigenvalue weighted by atomic mass is 16.5. The highest BCUT2D eigenvalue weighted by Crippen LogP contribution is 2.59. The Bertz CT molecular complexity index is 719. The number of hydrogen-bond acceptors (Lipinski definition) is 4. The number of ether oxygens (including phenoxy) is 1. The molecule has 1 fully saturated rings. The Hall–Kier alpha value is -2.37. The standard InChI is InChI=1S/C17H16N2O3/c20-16(18-11-6-2-1-3-7-11)17-10-13(17)15(19-21)12-8-4-5-9-14(12)22-17/h1-9,13,15,19,21H,10H2,(H,18,20)/t13-,15?,17-/m0/s1. The fraction of sp³-hybridized carbons (Fsp3) is 0.235. The topological polar surface area (TPSA) is 70.6 Å². The highest BCUT2D eigenvalue weighted by molar-refractivity contribution is 6.00. The molecule has 3 N–H and O–H groups in total. The Labute approximate surface area is 127 Å². The average molecular weight is 296 g/mol. The molecule has 2 aliphatic rings. The van der Waals surface area contributed by atoms with E-state index in [9.17, 15) is 10.0 Å². The van der Waals surface area contributed by atoms with E-state index in [-0.39, 0.29) is 17.9 Å². The van der Waals surface area contributed by atoms with E-state index in [4.69, 9.17) is 4.74 Å². The molecule has 0 saturated heterocycles. The maximum absolute atomic E-state index is 12.7. The smallest absolute Gasteiger partial charge is 0.268 e. The van der Waals surface area contributed by atoms with Gasteiger partial charge in [0.05, 0.1) is 6.04 Å². The predicted molar refractivity (Wildman–Crippen MR) is 80.6 cm³/mol. The Morgan fingerprint density at radius 2 is 1.86 bits per heavy atom. The number of fused-ring (bicyclic) bond motifs is 2. The van der Waals surface area contributed by atoms with Gasteiger partial charge in [0.25, 0.3) is 5.91 Å². The van der Waals surface area contributed by atoms with Crippen LogP contribution in [0.4, 0.5) is 5.69 Å². The number of carbonyl (C=O) groups is 1. The van der Waals surface area contributed by atoms with Crippen LogP contribution in [0.5, 0.6) is 5.75 Å². The minimum Gasteiger partial charge on any atom is -0.477 e. The molecule has 2 aromatic rings. The number of nitrogens with one attached hydrogen (secondary N) is 2. The molecule has 3 atom stereocenters. The molecular weight excluding hydrogens is 280 g/mol. The normalized spacial score (nSPS) is 28.0. The van der Waals surface area contributed by atoms with Crippen LogP contribution in [0.25, 0.3) is 0 Å². The van der Waals surface area contributed by atoms with Crippen LogP contribution in [0.15, 0.2) is 54.6 Å². The number of rotatable bonds is 3. The van der Waals surface area contributed by atoms with E-state index in [1.54, 1.807) is 0 Å². The van der Waals surface area contributed by atoms with Crippen molar-refractivity contribution in [2.24, 2.45) is 5.92 Å². The molecular formula is C17H16N2O3. The van der Waals surface area contributed by atoms with Gasteiger partial charge in [0.15, 0.2) is 5.60 Å². The second-order valence-corrected chi connectivity index (χ2v) is 5.77. The minimum absolute atomic E-state index is 0.0730. The van der Waals surface area contributed by atoms with Gasteiger partial charge in [0.2, 0.25) is 0 Å². The summed E-state index contributed by atoms with van der Waals surface area (Å²) in [5.41, 5.74) is 3.06. The summed E-state index contributed by atoms with van der Waals surface area (Å²) in [6.07, 6.45) is 0.582. The molecule has 2 aromatic carbocycles. The van der Waals surface area contributed by atoms with E-state index < -0.39 is 5.60 Å². The third-order valence-corrected chi connectivity index (χ3v) is 4.47. The molecule has 1 aliphatic carbocycles. The summed E-state index contributed by atoms with van der Waals surface area (Å²) in [6.45, 7) is 0. The third kappa shape index (κ3) is 1.90. The number of hydroxylamine groups is 1. The van der Waals surface area contributed by atoms with Crippen LogP contribution >= 0.6 is 0 Å². The van der Waals surface area contributed by atoms with Gasteiger partial charge in [-0.3, -0.25) is 4.79 Å². The molecule has 0 radical (unpaired) electrons. The lowest BCUT2D eigenvalue weighted by molar-refractivity contribution is -0.126. The molecule has 1 heterocycles. The number of amides is 1. The molecule has 22 heavy (non-hydrogen) atoms. The zero-order chi connectivity index (χ0) is 15.2. The molecule has 1 unspecified atom stereocenters. The first-order valence-electron chi connectivity index (χ1n) is 7.29. The predicted octanol–water partition coefficient (Wildman–Crippen LogP) is 2.50. The van der Waals surface area contributed by atoms with E-state index in [1.165, 1.54) is 0 Å². The quantitative estimate of drug-likeness (QED) is 0.761. The molecule has 112 valence electrons. The lowest BCUT2D eigenvalue weighted by atomic mass is 9.96. The average Bonchev–Trinajstić information content (AvgIpc) is 3.29. The SMILES string of the molecule is O=C(Nc1ccccc1)[C@]12C[C@H]1C(NO)c1ccccc1O2. The summed E-state index contributed by atoms with van der Waals surface area (Å²) in [4.78, 5) is 12.7. The van der Waals surface area contributed by atoms with E-state index >= 15 is 0 Å². The Morgan fingerprint density at radius 1 is 1.14 bits per heavy atom. The zero-order valence-corrected chi connectivity index (χ0v) is 11.8. The van der Waals surface area contributed by atoms with Gasteiger partial charge in [0.1, 0.15) is 5.75 Å². The van der Waals surface area contributed by atoms with Crippen LogP contribution in [0.3, 0.4) is 0 Å². The van der Waals surface area contributed by atoms with Crippen molar-refractivity contribution in [1.29, 1.82) is 0 Å². The molecule has 0 spiro atoms. The molecule has 1 aliphatic heterocycles. The first-order valence-corrected chi connectivity index (χ1v) is 7.29. The number of anilines is 1. The maximum atomic E-state index is 12.7. The minimum atomic E-state index is -0.898. The second-order valence-electron chi connectivity index (χ2n) is 5.77. The Kier molecular flexibility index (Phi) is 2.92. The van der Waals surface area contributed by atoms with Crippen molar-refractivity contribution >= 4 is 11.6 Å². The molecule has 0 aromatic heterocycles. The number of hydrogen-bond donors (Lipinski definition) is 3. The van der Waals surface area contributed by atoms with Gasteiger partial charge < -0.3 is 15.3 Å². The van der Waals surface area contributed by atoms with Crippen LogP contribution in [0.2, 0.25) is 0 Å². The van der Waals surface area contributed by atoms with Gasteiger partial charge in [-0.05, 0) is 18.2 Å². The lowest BCUT2D eigenvalue weighted by Crippen LogP contribution is -2.42. The monoisotopic (exact) mass is 296 g/mol. The van der Waals surface area contributed by atoms with Crippen LogP contribution in [-0.2, 0) is 4.79 Å². The van der Waals surface area contributed by atoms with Crippen LogP contribution < -0.4 is 15.5 Å². The summed E-state index contributed by atoms with van der Waals surface area (Å²) >= 11 is 0. The van der Waals surface area contributed by atoms with E-state index in [0.717, 1.165) is 11.3 Å². The van der Waals surface area contributed by atoms with Crippen molar-refractivity contribution < 1.29 is 14.7 Å². The summed E-state index contributed by atoms with van der Waals surface area (Å²) in [5, 5.41) is 12.4. The summed E-state index contributed by atoms with van der Waals surface area (Å²) in [5.74, 6) is 0.403. The van der Waals surface area contributed by atoms with E-state index in [1.807, 2.05) is 54.6 Å². The van der Waals surface area contributed by atoms with Crippen LogP contribution in [0.1, 0.15) is 18.0 Å². The Balaban J connectivity index is 1.63. The first kappa shape index (κ1) is 13.3. The van der Waals surface area contributed by atoms with Crippen molar-refractivity contribution in [2.75, 3.05) is 5.32 Å². The van der Waals surface area contributed by atoms with Crippen molar-refractivity contribution in [3.05, 3.63) is 60.2 Å². The van der Waals surface area contributed by atoms with Gasteiger partial charge in [-0.2, -0.15) is 5.48 Å². The largest absolute Gasteiger partial charge is 0.477 e. The van der Waals surface area contributed by atoms with Gasteiger partial charge in [-0.25, -0.2) is 0 Å². The first-order chi connectivity index (χ1) is 10.7. The van der Waals surface area contributed by atoms with Gasteiger partial charge in [0, 0.05) is 23.6 Å². The lowest BCUT2D eigenvalue weighted by Gasteiger charge is -2.30.